The van der Waals surface area contributed by atoms with E-state index in [1.165, 1.54) is 0 Å². The van der Waals surface area contributed by atoms with Crippen LogP contribution < -0.4 is 0 Å². The standard InChI is InChI=1S/C48H82O41/c49-1-9-17(55)25(63)31(69)42(78-9)75-8-16-24(62)37(86-46-38(28(66)20(58)12(4-52)81-46)87-44-32(70)26(64)18(56)10(2-50)79-44)35(73)43(84-16)76-7-15-23(61)36(34(72)41(74)77-15)85-47-40(30(68)22(60)13(5-53)82-47)89-48-39(29(67)21(59)14(6-54)83-48)88-45-33(71)27(65)19(57)11(3-51)80-45/h9-74H,1-8H2/t9-,10-,11-,12-,13-,14-,15-,16-,17-,18-,19-,20-,21-,22-,23-,24-,25+,26+,27+,28+,29+,30+,31+,32+,33+,34+,35+,36+,37+,38+,39+,40+,41+,42+,43+,44-,45-,46-,47-,48-/m1/s1. The average molecular weight is 1320 g/mol. The lowest BCUT2D eigenvalue weighted by molar-refractivity contribution is -0.404. The molecule has 40 atom stereocenters. The topological polar surface area (TPSA) is 664 Å². The highest BCUT2D eigenvalue weighted by atomic mass is 16.8. The Balaban J connectivity index is 1.04. The summed E-state index contributed by atoms with van der Waals surface area (Å²) in [5.74, 6) is 0. The molecule has 8 saturated heterocycles. The van der Waals surface area contributed by atoms with E-state index in [9.17, 15) is 133 Å². The lowest BCUT2D eigenvalue weighted by Gasteiger charge is -2.49. The molecule has 0 saturated carbocycles. The van der Waals surface area contributed by atoms with Crippen LogP contribution in [0, 0.1) is 0 Å². The molecule has 0 unspecified atom stereocenters. The molecule has 41 heteroatoms. The van der Waals surface area contributed by atoms with Crippen LogP contribution in [0.3, 0.4) is 0 Å². The van der Waals surface area contributed by atoms with Gasteiger partial charge in [0, 0.05) is 0 Å². The molecule has 8 fully saturated rings. The summed E-state index contributed by atoms with van der Waals surface area (Å²) in [5, 5.41) is 279. The Morgan fingerprint density at radius 2 is 0.427 bits per heavy atom. The van der Waals surface area contributed by atoms with Crippen molar-refractivity contribution in [2.75, 3.05) is 52.9 Å². The van der Waals surface area contributed by atoms with Gasteiger partial charge < -0.3 is 204 Å². The van der Waals surface area contributed by atoms with Crippen molar-refractivity contribution in [2.45, 2.75) is 246 Å². The molecule has 8 aliphatic rings. The van der Waals surface area contributed by atoms with Gasteiger partial charge in [-0.15, -0.1) is 0 Å². The highest BCUT2D eigenvalue weighted by Gasteiger charge is 2.59. The van der Waals surface area contributed by atoms with E-state index in [4.69, 9.17) is 71.1 Å². The van der Waals surface area contributed by atoms with Gasteiger partial charge in [-0.3, -0.25) is 0 Å². The zero-order valence-electron chi connectivity index (χ0n) is 46.5. The Hall–Kier alpha value is -1.64. The molecule has 0 aromatic heterocycles. The van der Waals surface area contributed by atoms with Crippen molar-refractivity contribution in [2.24, 2.45) is 0 Å². The molecule has 26 N–H and O–H groups in total. The number of aliphatic hydroxyl groups is 26. The Kier molecular flexibility index (Phi) is 25.9. The van der Waals surface area contributed by atoms with Gasteiger partial charge in [0.1, 0.15) is 195 Å². The molecule has 0 amide bonds. The van der Waals surface area contributed by atoms with Crippen LogP contribution in [0.4, 0.5) is 0 Å². The first-order chi connectivity index (χ1) is 42.2. The molecule has 0 aromatic carbocycles. The molecule has 41 nitrogen and oxygen atoms in total. The summed E-state index contributed by atoms with van der Waals surface area (Å²) in [6, 6.07) is 0. The molecule has 8 aliphatic heterocycles. The first-order valence-electron chi connectivity index (χ1n) is 28.2. The highest BCUT2D eigenvalue weighted by molar-refractivity contribution is 5.01. The Morgan fingerprint density at radius 3 is 0.764 bits per heavy atom. The van der Waals surface area contributed by atoms with Gasteiger partial charge in [-0.1, -0.05) is 0 Å². The lowest BCUT2D eigenvalue weighted by Crippen LogP contribution is -2.68. The quantitative estimate of drug-likeness (QED) is 0.0479. The van der Waals surface area contributed by atoms with Crippen molar-refractivity contribution in [3.63, 3.8) is 0 Å². The third kappa shape index (κ3) is 15.3. The number of rotatable bonds is 22. The summed E-state index contributed by atoms with van der Waals surface area (Å²) in [6.07, 6.45) is -82.1. The average Bonchev–Trinajstić information content (AvgIpc) is 1.12. The predicted octanol–water partition coefficient (Wildman–Crippen LogP) is -18.5. The second-order valence-corrected chi connectivity index (χ2v) is 22.5. The molecule has 89 heavy (non-hydrogen) atoms. The molecule has 520 valence electrons. The van der Waals surface area contributed by atoms with Gasteiger partial charge in [-0.25, -0.2) is 0 Å². The summed E-state index contributed by atoms with van der Waals surface area (Å²) in [4.78, 5) is 0. The fourth-order valence-corrected chi connectivity index (χ4v) is 11.2. The smallest absolute Gasteiger partial charge is 0.187 e. The first kappa shape index (κ1) is 73.2. The maximum Gasteiger partial charge on any atom is 0.187 e. The van der Waals surface area contributed by atoms with Crippen LogP contribution in [-0.4, -0.2) is 431 Å². The van der Waals surface area contributed by atoms with Gasteiger partial charge >= 0.3 is 0 Å². The number of hydrogen-bond acceptors (Lipinski definition) is 41. The first-order valence-corrected chi connectivity index (χ1v) is 28.2. The second-order valence-electron chi connectivity index (χ2n) is 22.5. The summed E-state index contributed by atoms with van der Waals surface area (Å²) in [5.41, 5.74) is 0. The highest BCUT2D eigenvalue weighted by Crippen LogP contribution is 2.38. The van der Waals surface area contributed by atoms with E-state index in [1.807, 2.05) is 0 Å². The van der Waals surface area contributed by atoms with E-state index in [-0.39, 0.29) is 0 Å². The molecule has 0 aliphatic carbocycles. The lowest BCUT2D eigenvalue weighted by atomic mass is 9.95. The van der Waals surface area contributed by atoms with Crippen molar-refractivity contribution in [1.29, 1.82) is 0 Å². The fraction of sp³-hybridized carbons (Fsp3) is 1.00. The molecule has 8 heterocycles. The molecule has 0 radical (unpaired) electrons. The zero-order chi connectivity index (χ0) is 65.4. The van der Waals surface area contributed by atoms with Gasteiger partial charge in [0.2, 0.25) is 0 Å². The Labute approximate surface area is 501 Å². The number of aliphatic hydroxyl groups excluding tert-OH is 26. The van der Waals surface area contributed by atoms with Crippen LogP contribution in [0.5, 0.6) is 0 Å². The van der Waals surface area contributed by atoms with Crippen LogP contribution in [0.1, 0.15) is 0 Å². The van der Waals surface area contributed by atoms with Gasteiger partial charge in [0.05, 0.1) is 52.9 Å². The predicted molar refractivity (Wildman–Crippen MR) is 264 cm³/mol. The number of hydrogen-bond donors (Lipinski definition) is 26. The van der Waals surface area contributed by atoms with Gasteiger partial charge in [-0.05, 0) is 0 Å². The van der Waals surface area contributed by atoms with Crippen molar-refractivity contribution in [3.8, 4) is 0 Å². The number of ether oxygens (including phenoxy) is 15. The minimum atomic E-state index is -2.39. The largest absolute Gasteiger partial charge is 0.394 e. The van der Waals surface area contributed by atoms with Crippen LogP contribution in [0.15, 0.2) is 0 Å². The molecule has 0 spiro atoms. The van der Waals surface area contributed by atoms with Crippen molar-refractivity contribution >= 4 is 0 Å². The Morgan fingerprint density at radius 1 is 0.191 bits per heavy atom. The SMILES string of the molecule is OC[C@H]1O[C@H](OC[C@H]2O[C@H](OC[C@H]3O[C@H](O)[C@@H](O)[C@@H](O[C@H]4O[C@H](CO)[C@@H](O)[C@H](O)[C@@H]4O[C@H]4O[C@H](CO)[C@@H](O)[C@H](O)[C@@H]4O[C@H]4O[C@H](CO)[C@@H](O)[C@H](O)[C@@H]4O)[C@@H]3O)[C@@H](O)[C@@H](O[C@H]3O[C@H](CO)[C@@H](O)[C@H](O)[C@@H]3O[C@H]3O[C@H](CO)[C@@H](O)[C@H](O)[C@@H]3O)[C@@H]2O)[C@@H](O)[C@@H](O)[C@@H]1O. The van der Waals surface area contributed by atoms with E-state index in [2.05, 4.69) is 0 Å². The summed E-state index contributed by atoms with van der Waals surface area (Å²) < 4.78 is 85.0. The van der Waals surface area contributed by atoms with Crippen molar-refractivity contribution in [1.82, 2.24) is 0 Å². The summed E-state index contributed by atoms with van der Waals surface area (Å²) >= 11 is 0. The third-order valence-electron chi connectivity index (χ3n) is 16.6. The zero-order valence-corrected chi connectivity index (χ0v) is 46.5. The molecule has 8 rings (SSSR count). The fourth-order valence-electron chi connectivity index (χ4n) is 11.2. The van der Waals surface area contributed by atoms with Gasteiger partial charge in [0.15, 0.2) is 50.3 Å². The maximum absolute atomic E-state index is 11.9. The van der Waals surface area contributed by atoms with E-state index < -0.39 is 299 Å². The second kappa shape index (κ2) is 31.5. The van der Waals surface area contributed by atoms with Crippen LogP contribution in [-0.2, 0) is 71.1 Å². The molecule has 0 bridgehead atoms. The van der Waals surface area contributed by atoms with Gasteiger partial charge in [0.25, 0.3) is 0 Å². The molecular formula is C48H82O41. The Bertz CT molecular complexity index is 2130. The molecule has 0 aromatic rings. The van der Waals surface area contributed by atoms with Crippen molar-refractivity contribution < 1.29 is 204 Å². The minimum Gasteiger partial charge on any atom is -0.394 e. The van der Waals surface area contributed by atoms with Gasteiger partial charge in [-0.2, -0.15) is 0 Å². The normalized spacial score (nSPS) is 53.6. The summed E-state index contributed by atoms with van der Waals surface area (Å²) in [7, 11) is 0. The maximum atomic E-state index is 11.9. The van der Waals surface area contributed by atoms with Crippen LogP contribution >= 0.6 is 0 Å². The van der Waals surface area contributed by atoms with E-state index in [0.717, 1.165) is 0 Å². The van der Waals surface area contributed by atoms with Crippen LogP contribution in [0.25, 0.3) is 0 Å². The molecular weight excluding hydrogens is 1230 g/mol. The van der Waals surface area contributed by atoms with E-state index in [1.54, 1.807) is 0 Å². The third-order valence-corrected chi connectivity index (χ3v) is 16.6. The van der Waals surface area contributed by atoms with E-state index in [0.29, 0.717) is 0 Å². The summed E-state index contributed by atoms with van der Waals surface area (Å²) in [6.45, 7) is -8.05. The van der Waals surface area contributed by atoms with Crippen LogP contribution in [0.2, 0.25) is 0 Å². The minimum absolute atomic E-state index is 0.914. The van der Waals surface area contributed by atoms with E-state index >= 15 is 0 Å². The monoisotopic (exact) mass is 1310 g/mol. The van der Waals surface area contributed by atoms with Crippen molar-refractivity contribution in [3.05, 3.63) is 0 Å².